The molecule has 9 N–H and O–H groups in total. The van der Waals surface area contributed by atoms with Gasteiger partial charge in [-0.25, -0.2) is 0 Å². The molecular weight excluding hydrogens is 568 g/mol. The lowest BCUT2D eigenvalue weighted by Crippen LogP contribution is -2.52. The second-order valence-corrected chi connectivity index (χ2v) is 11.2. The molecule has 6 atom stereocenters. The number of nitrogens with zero attached hydrogens (tertiary/aromatic N) is 1. The van der Waals surface area contributed by atoms with Gasteiger partial charge >= 0.3 is 0 Å². The van der Waals surface area contributed by atoms with Crippen molar-refractivity contribution in [3.63, 3.8) is 0 Å². The molecule has 2 aromatic carbocycles. The maximum absolute atomic E-state index is 13.8. The van der Waals surface area contributed by atoms with Crippen molar-refractivity contribution in [2.75, 3.05) is 7.11 Å². The maximum Gasteiger partial charge on any atom is 0.202 e. The Morgan fingerprint density at radius 3 is 2.52 bits per heavy atom. The average Bonchev–Trinajstić information content (AvgIpc) is 2.94. The van der Waals surface area contributed by atoms with Crippen LogP contribution in [0.3, 0.4) is 0 Å². The van der Waals surface area contributed by atoms with E-state index in [0.29, 0.717) is 0 Å². The van der Waals surface area contributed by atoms with Gasteiger partial charge in [0, 0.05) is 42.0 Å². The van der Waals surface area contributed by atoms with Crippen LogP contribution < -0.4 is 21.6 Å². The Balaban J connectivity index is 1.68. The zero-order valence-corrected chi connectivity index (χ0v) is 23.9. The molecule has 0 saturated carbocycles. The third-order valence-corrected chi connectivity index (χ3v) is 8.24. The molecule has 0 aromatic heterocycles. The molecule has 0 spiro atoms. The number of hydrogen-bond acceptors (Lipinski definition) is 12. The third kappa shape index (κ3) is 4.79. The van der Waals surface area contributed by atoms with E-state index in [2.05, 4.69) is 10.5 Å². The number of carbonyl (C=O) groups excluding carboxylic acids is 2. The Morgan fingerprint density at radius 1 is 1.19 bits per heavy atom. The summed E-state index contributed by atoms with van der Waals surface area (Å²) in [6.07, 6.45) is -4.25. The molecule has 0 amide bonds. The summed E-state index contributed by atoms with van der Waals surface area (Å²) in [7, 11) is 1.35. The minimum atomic E-state index is -1.79. The number of ketones is 2. The highest BCUT2D eigenvalue weighted by molar-refractivity contribution is 7.80. The van der Waals surface area contributed by atoms with Crippen LogP contribution in [0.25, 0.3) is 0 Å². The van der Waals surface area contributed by atoms with E-state index in [0.717, 1.165) is 0 Å². The van der Waals surface area contributed by atoms with Crippen LogP contribution in [-0.2, 0) is 15.9 Å². The van der Waals surface area contributed by atoms with E-state index in [1.807, 2.05) is 0 Å². The van der Waals surface area contributed by atoms with Crippen molar-refractivity contribution < 1.29 is 44.2 Å². The standard InChI is InChI=1S/C28H32N4O9S/c1-10-22(33)14(29)7-17(40-10)41-16-9-28(38,11(2)31-32-27(30)42)8-13-19(16)26(37)21-20(24(13)35)23(34)12-5-4-6-15(39-3)18(12)25(21)36/h4-6,10,14,16-17,22,33,35,37-38H,7-9,29H2,1-3H3,(H3,30,32,42)/b31-11+/t10?,14?,16-,17?,22?,28-/m0/s1. The van der Waals surface area contributed by atoms with Crippen molar-refractivity contribution in [3.05, 3.63) is 51.6 Å². The Labute approximate surface area is 246 Å². The molecule has 1 heterocycles. The highest BCUT2D eigenvalue weighted by Gasteiger charge is 2.49. The SMILES string of the molecule is COc1cccc2c1C(=O)c1c(O)c3c(c(O)c1C2=O)C[C@@](O)(/C(C)=N/NC(N)=S)C[C@@H]3OC1CC(N)C(O)C(C)O1. The smallest absolute Gasteiger partial charge is 0.202 e. The first-order chi connectivity index (χ1) is 19.8. The Morgan fingerprint density at radius 2 is 1.88 bits per heavy atom. The third-order valence-electron chi connectivity index (χ3n) is 8.15. The van der Waals surface area contributed by atoms with Crippen LogP contribution in [0.15, 0.2) is 23.3 Å². The van der Waals surface area contributed by atoms with Gasteiger partial charge < -0.3 is 46.1 Å². The van der Waals surface area contributed by atoms with Gasteiger partial charge in [0.1, 0.15) is 22.8 Å². The van der Waals surface area contributed by atoms with Gasteiger partial charge in [0.05, 0.1) is 47.8 Å². The van der Waals surface area contributed by atoms with Gasteiger partial charge in [-0.1, -0.05) is 12.1 Å². The lowest BCUT2D eigenvalue weighted by atomic mass is 9.72. The second-order valence-electron chi connectivity index (χ2n) is 10.8. The number of nitrogens with one attached hydrogen (secondary N) is 1. The molecule has 13 nitrogen and oxygen atoms in total. The van der Waals surface area contributed by atoms with Gasteiger partial charge in [-0.15, -0.1) is 0 Å². The lowest BCUT2D eigenvalue weighted by Gasteiger charge is -2.42. The minimum Gasteiger partial charge on any atom is -0.507 e. The molecule has 1 aliphatic heterocycles. The van der Waals surface area contributed by atoms with Gasteiger partial charge in [-0.3, -0.25) is 15.0 Å². The predicted molar refractivity (Wildman–Crippen MR) is 153 cm³/mol. The maximum atomic E-state index is 13.8. The molecule has 42 heavy (non-hydrogen) atoms. The van der Waals surface area contributed by atoms with E-state index in [-0.39, 0.29) is 58.1 Å². The summed E-state index contributed by atoms with van der Waals surface area (Å²) in [5.41, 5.74) is 11.5. The normalized spacial score (nSPS) is 28.9. The van der Waals surface area contributed by atoms with Gasteiger partial charge in [0.25, 0.3) is 0 Å². The molecule has 2 aromatic rings. The van der Waals surface area contributed by atoms with Gasteiger partial charge in [-0.2, -0.15) is 5.10 Å². The van der Waals surface area contributed by atoms with E-state index in [4.69, 9.17) is 37.9 Å². The number of nitrogens with two attached hydrogens (primary N) is 2. The topological polar surface area (TPSA) is 219 Å². The number of hydrazone groups is 1. The fraction of sp³-hybridized carbons (Fsp3) is 0.429. The van der Waals surface area contributed by atoms with Crippen LogP contribution in [0.5, 0.6) is 17.2 Å². The number of thiocarbonyl (C=S) groups is 1. The quantitative estimate of drug-likeness (QED) is 0.0927. The number of hydrogen-bond donors (Lipinski definition) is 7. The molecule has 5 rings (SSSR count). The molecule has 2 aliphatic carbocycles. The molecule has 0 radical (unpaired) electrons. The average molecular weight is 601 g/mol. The predicted octanol–water partition coefficient (Wildman–Crippen LogP) is 0.649. The molecule has 224 valence electrons. The number of ether oxygens (including phenoxy) is 3. The zero-order valence-electron chi connectivity index (χ0n) is 23.1. The largest absolute Gasteiger partial charge is 0.507 e. The highest BCUT2D eigenvalue weighted by atomic mass is 32.1. The van der Waals surface area contributed by atoms with Crippen LogP contribution in [0.4, 0.5) is 0 Å². The Kier molecular flexibility index (Phi) is 7.72. The summed E-state index contributed by atoms with van der Waals surface area (Å²) >= 11 is 4.81. The summed E-state index contributed by atoms with van der Waals surface area (Å²) < 4.78 is 17.3. The number of carbonyl (C=O) groups is 2. The lowest BCUT2D eigenvalue weighted by molar-refractivity contribution is -0.245. The molecule has 1 saturated heterocycles. The molecule has 0 bridgehead atoms. The Bertz CT molecular complexity index is 1520. The van der Waals surface area contributed by atoms with Crippen molar-refractivity contribution in [2.24, 2.45) is 16.6 Å². The van der Waals surface area contributed by atoms with Crippen molar-refractivity contribution in [2.45, 2.75) is 69.4 Å². The molecule has 4 unspecified atom stereocenters. The number of phenolic OH excluding ortho intramolecular Hbond substituents is 2. The minimum absolute atomic E-state index is 0.00137. The molecular formula is C28H32N4O9S. The van der Waals surface area contributed by atoms with E-state index >= 15 is 0 Å². The fourth-order valence-corrected chi connectivity index (χ4v) is 5.95. The summed E-state index contributed by atoms with van der Waals surface area (Å²) in [5, 5.41) is 49.2. The second kappa shape index (κ2) is 10.9. The summed E-state index contributed by atoms with van der Waals surface area (Å²) in [5.74, 6) is -2.46. The summed E-state index contributed by atoms with van der Waals surface area (Å²) in [6.45, 7) is 3.13. The van der Waals surface area contributed by atoms with Crippen molar-refractivity contribution in [1.29, 1.82) is 0 Å². The molecule has 1 fully saturated rings. The number of fused-ring (bicyclic) bond motifs is 3. The van der Waals surface area contributed by atoms with E-state index < -0.39 is 70.4 Å². The first kappa shape index (κ1) is 29.8. The number of benzene rings is 2. The number of aromatic hydroxyl groups is 2. The number of phenols is 2. The highest BCUT2D eigenvalue weighted by Crippen LogP contribution is 2.52. The first-order valence-corrected chi connectivity index (χ1v) is 13.6. The number of methoxy groups -OCH3 is 1. The number of aliphatic hydroxyl groups is 2. The van der Waals surface area contributed by atoms with E-state index in [9.17, 15) is 30.0 Å². The monoisotopic (exact) mass is 600 g/mol. The van der Waals surface area contributed by atoms with Gasteiger partial charge in [0.15, 0.2) is 17.2 Å². The van der Waals surface area contributed by atoms with Crippen molar-refractivity contribution in [3.8, 4) is 17.2 Å². The summed E-state index contributed by atoms with van der Waals surface area (Å²) in [6, 6.07) is 3.79. The summed E-state index contributed by atoms with van der Waals surface area (Å²) in [4.78, 5) is 27.4. The number of rotatable bonds is 5. The van der Waals surface area contributed by atoms with Crippen LogP contribution in [-0.4, -0.2) is 80.1 Å². The van der Waals surface area contributed by atoms with Gasteiger partial charge in [-0.05, 0) is 32.1 Å². The van der Waals surface area contributed by atoms with Crippen LogP contribution in [0.2, 0.25) is 0 Å². The Hall–Kier alpha value is -3.66. The number of aliphatic hydroxyl groups excluding tert-OH is 1. The van der Waals surface area contributed by atoms with Crippen LogP contribution in [0, 0.1) is 0 Å². The van der Waals surface area contributed by atoms with Crippen LogP contribution >= 0.6 is 12.2 Å². The molecule has 3 aliphatic rings. The van der Waals surface area contributed by atoms with Crippen molar-refractivity contribution in [1.82, 2.24) is 5.43 Å². The first-order valence-electron chi connectivity index (χ1n) is 13.2. The van der Waals surface area contributed by atoms with E-state index in [1.54, 1.807) is 6.92 Å². The van der Waals surface area contributed by atoms with Crippen LogP contribution in [0.1, 0.15) is 75.8 Å². The zero-order chi connectivity index (χ0) is 30.7. The van der Waals surface area contributed by atoms with Gasteiger partial charge in [0.2, 0.25) is 5.78 Å². The van der Waals surface area contributed by atoms with E-state index in [1.165, 1.54) is 32.2 Å². The van der Waals surface area contributed by atoms with Crippen molar-refractivity contribution >= 4 is 34.6 Å². The fourth-order valence-electron chi connectivity index (χ4n) is 5.91. The molecule has 14 heteroatoms.